The zero-order valence-electron chi connectivity index (χ0n) is 10.2. The highest BCUT2D eigenvalue weighted by Gasteiger charge is 2.09. The number of nitrogens with one attached hydrogen (secondary N) is 1. The monoisotopic (exact) mass is 262 g/mol. The number of anilines is 2. The fourth-order valence-corrected chi connectivity index (χ4v) is 1.57. The number of aromatic nitrogens is 4. The molecule has 0 aliphatic heterocycles. The topological polar surface area (TPSA) is 81.7 Å². The summed E-state index contributed by atoms with van der Waals surface area (Å²) in [5.41, 5.74) is 6.05. The van der Waals surface area contributed by atoms with E-state index in [4.69, 9.17) is 18.0 Å². The van der Waals surface area contributed by atoms with Crippen molar-refractivity contribution >= 4 is 28.8 Å². The Morgan fingerprint density at radius 1 is 1.39 bits per heavy atom. The average Bonchev–Trinajstić information content (AvgIpc) is 2.78. The molecule has 2 heterocycles. The number of hydrogen-bond donors (Lipinski definition) is 2. The Bertz CT molecular complexity index is 562. The lowest BCUT2D eigenvalue weighted by molar-refractivity contribution is 0.534. The van der Waals surface area contributed by atoms with Crippen LogP contribution >= 0.6 is 12.2 Å². The third-order valence-corrected chi connectivity index (χ3v) is 2.51. The van der Waals surface area contributed by atoms with E-state index < -0.39 is 0 Å². The zero-order valence-corrected chi connectivity index (χ0v) is 11.0. The van der Waals surface area contributed by atoms with E-state index in [0.29, 0.717) is 23.4 Å². The largest absolute Gasteiger partial charge is 0.388 e. The van der Waals surface area contributed by atoms with Crippen LogP contribution in [0.25, 0.3) is 0 Å². The number of rotatable bonds is 4. The summed E-state index contributed by atoms with van der Waals surface area (Å²) in [7, 11) is 0. The molecule has 2 aromatic rings. The van der Waals surface area contributed by atoms with Crippen molar-refractivity contribution < 1.29 is 0 Å². The summed E-state index contributed by atoms with van der Waals surface area (Å²) in [6.45, 7) is 4.11. The lowest BCUT2D eigenvalue weighted by Gasteiger charge is -2.07. The maximum Gasteiger partial charge on any atom is 0.160 e. The minimum absolute atomic E-state index is 0.203. The molecule has 0 radical (unpaired) electrons. The van der Waals surface area contributed by atoms with Crippen LogP contribution in [0, 0.1) is 0 Å². The van der Waals surface area contributed by atoms with Crippen molar-refractivity contribution in [3.8, 4) is 0 Å². The van der Waals surface area contributed by atoms with Gasteiger partial charge < -0.3 is 11.1 Å². The standard InChI is InChI=1S/C11H14N6S/c1-7(2)17-6-3-8(16-17)15-11-9(10(12)18)13-4-5-14-11/h3-7H,1-2H3,(H2,12,18)(H,14,15,16). The second-order valence-corrected chi connectivity index (χ2v) is 4.46. The second kappa shape index (κ2) is 5.09. The van der Waals surface area contributed by atoms with E-state index in [2.05, 4.69) is 34.2 Å². The molecule has 0 fully saturated rings. The predicted octanol–water partition coefficient (Wildman–Crippen LogP) is 1.63. The number of thiocarbonyl (C=S) groups is 1. The summed E-state index contributed by atoms with van der Waals surface area (Å²) in [6.07, 6.45) is 5.01. The van der Waals surface area contributed by atoms with Crippen LogP contribution in [0.3, 0.4) is 0 Å². The third-order valence-electron chi connectivity index (χ3n) is 2.32. The van der Waals surface area contributed by atoms with Gasteiger partial charge >= 0.3 is 0 Å². The molecule has 94 valence electrons. The van der Waals surface area contributed by atoms with Gasteiger partial charge in [0.05, 0.1) is 0 Å². The van der Waals surface area contributed by atoms with Crippen molar-refractivity contribution in [2.24, 2.45) is 5.73 Å². The summed E-state index contributed by atoms with van der Waals surface area (Å²) >= 11 is 4.92. The van der Waals surface area contributed by atoms with E-state index in [0.717, 1.165) is 0 Å². The van der Waals surface area contributed by atoms with Crippen LogP contribution in [0.1, 0.15) is 25.6 Å². The molecule has 0 atom stereocenters. The van der Waals surface area contributed by atoms with Gasteiger partial charge in [-0.05, 0) is 13.8 Å². The Hall–Kier alpha value is -2.02. The normalized spacial score (nSPS) is 10.6. The zero-order chi connectivity index (χ0) is 13.1. The summed E-state index contributed by atoms with van der Waals surface area (Å²) in [4.78, 5) is 8.45. The van der Waals surface area contributed by atoms with Gasteiger partial charge in [-0.15, -0.1) is 0 Å². The molecule has 0 amide bonds. The fraction of sp³-hybridized carbons (Fsp3) is 0.273. The summed E-state index contributed by atoms with van der Waals surface area (Å²) < 4.78 is 1.85. The smallest absolute Gasteiger partial charge is 0.160 e. The van der Waals surface area contributed by atoms with Crippen LogP contribution in [-0.4, -0.2) is 24.7 Å². The Morgan fingerprint density at radius 2 is 2.11 bits per heavy atom. The molecule has 0 bridgehead atoms. The molecule has 7 heteroatoms. The fourth-order valence-electron chi connectivity index (χ4n) is 1.42. The van der Waals surface area contributed by atoms with Gasteiger partial charge in [0.1, 0.15) is 10.7 Å². The molecule has 0 spiro atoms. The van der Waals surface area contributed by atoms with Gasteiger partial charge in [-0.2, -0.15) is 5.10 Å². The Kier molecular flexibility index (Phi) is 3.52. The maximum atomic E-state index is 5.58. The van der Waals surface area contributed by atoms with Crippen molar-refractivity contribution in [3.05, 3.63) is 30.4 Å². The SMILES string of the molecule is CC(C)n1ccc(Nc2nccnc2C(N)=S)n1. The second-order valence-electron chi connectivity index (χ2n) is 4.02. The maximum absolute atomic E-state index is 5.58. The van der Waals surface area contributed by atoms with Gasteiger partial charge in [0.15, 0.2) is 11.6 Å². The van der Waals surface area contributed by atoms with Crippen molar-refractivity contribution in [1.29, 1.82) is 0 Å². The van der Waals surface area contributed by atoms with Gasteiger partial charge in [-0.1, -0.05) is 12.2 Å². The van der Waals surface area contributed by atoms with Gasteiger partial charge in [0.25, 0.3) is 0 Å². The minimum Gasteiger partial charge on any atom is -0.388 e. The number of hydrogen-bond acceptors (Lipinski definition) is 5. The summed E-state index contributed by atoms with van der Waals surface area (Å²) in [5, 5.41) is 7.42. The highest BCUT2D eigenvalue weighted by Crippen LogP contribution is 2.16. The first-order valence-electron chi connectivity index (χ1n) is 5.51. The lowest BCUT2D eigenvalue weighted by atomic mass is 10.4. The van der Waals surface area contributed by atoms with E-state index in [9.17, 15) is 0 Å². The lowest BCUT2D eigenvalue weighted by Crippen LogP contribution is -2.15. The van der Waals surface area contributed by atoms with Crippen LogP contribution in [0.4, 0.5) is 11.6 Å². The molecule has 0 saturated heterocycles. The minimum atomic E-state index is 0.203. The molecule has 0 saturated carbocycles. The molecule has 3 N–H and O–H groups in total. The van der Waals surface area contributed by atoms with E-state index in [1.54, 1.807) is 12.4 Å². The average molecular weight is 262 g/mol. The molecule has 0 aliphatic rings. The molecule has 6 nitrogen and oxygen atoms in total. The summed E-state index contributed by atoms with van der Waals surface area (Å²) in [5.74, 6) is 1.20. The first-order valence-corrected chi connectivity index (χ1v) is 5.91. The van der Waals surface area contributed by atoms with E-state index >= 15 is 0 Å². The Labute approximate surface area is 110 Å². The van der Waals surface area contributed by atoms with Crippen molar-refractivity contribution in [2.45, 2.75) is 19.9 Å². The molecule has 0 aliphatic carbocycles. The third kappa shape index (κ3) is 2.62. The Balaban J connectivity index is 2.25. The first kappa shape index (κ1) is 12.4. The predicted molar refractivity (Wildman–Crippen MR) is 73.8 cm³/mol. The van der Waals surface area contributed by atoms with Gasteiger partial charge in [0.2, 0.25) is 0 Å². The molecule has 2 rings (SSSR count). The molecule has 18 heavy (non-hydrogen) atoms. The van der Waals surface area contributed by atoms with Crippen LogP contribution in [0.15, 0.2) is 24.7 Å². The van der Waals surface area contributed by atoms with E-state index in [1.807, 2.05) is 16.9 Å². The van der Waals surface area contributed by atoms with Gasteiger partial charge in [-0.3, -0.25) is 4.68 Å². The number of nitrogens with two attached hydrogens (primary N) is 1. The highest BCUT2D eigenvalue weighted by atomic mass is 32.1. The van der Waals surface area contributed by atoms with Crippen LogP contribution in [0.2, 0.25) is 0 Å². The van der Waals surface area contributed by atoms with Crippen LogP contribution < -0.4 is 11.1 Å². The van der Waals surface area contributed by atoms with Gasteiger partial charge in [-0.25, -0.2) is 9.97 Å². The molecular weight excluding hydrogens is 248 g/mol. The molecule has 2 aromatic heterocycles. The molecular formula is C11H14N6S. The highest BCUT2D eigenvalue weighted by molar-refractivity contribution is 7.80. The van der Waals surface area contributed by atoms with Crippen molar-refractivity contribution in [2.75, 3.05) is 5.32 Å². The first-order chi connectivity index (χ1) is 8.58. The van der Waals surface area contributed by atoms with Crippen LogP contribution in [-0.2, 0) is 0 Å². The Morgan fingerprint density at radius 3 is 2.72 bits per heavy atom. The van der Waals surface area contributed by atoms with Crippen molar-refractivity contribution in [3.63, 3.8) is 0 Å². The van der Waals surface area contributed by atoms with E-state index in [-0.39, 0.29) is 4.99 Å². The molecule has 0 aromatic carbocycles. The van der Waals surface area contributed by atoms with E-state index in [1.165, 1.54) is 0 Å². The van der Waals surface area contributed by atoms with Crippen molar-refractivity contribution in [1.82, 2.24) is 19.7 Å². The van der Waals surface area contributed by atoms with Gasteiger partial charge in [0, 0.05) is 30.7 Å². The number of nitrogens with zero attached hydrogens (tertiary/aromatic N) is 4. The summed E-state index contributed by atoms with van der Waals surface area (Å²) in [6, 6.07) is 2.16. The van der Waals surface area contributed by atoms with Crippen LogP contribution in [0.5, 0.6) is 0 Å². The molecule has 0 unspecified atom stereocenters. The quantitative estimate of drug-likeness (QED) is 0.815.